The summed E-state index contributed by atoms with van der Waals surface area (Å²) in [6.45, 7) is 3.62. The Morgan fingerprint density at radius 1 is 1.39 bits per heavy atom. The lowest BCUT2D eigenvalue weighted by Crippen LogP contribution is -2.20. The van der Waals surface area contributed by atoms with Crippen molar-refractivity contribution in [1.29, 1.82) is 0 Å². The summed E-state index contributed by atoms with van der Waals surface area (Å²) in [5.41, 5.74) is 1.95. The molecule has 0 spiro atoms. The number of anilines is 1. The number of carbonyl (C=O) groups excluding carboxylic acids is 1. The second-order valence-corrected chi connectivity index (χ2v) is 5.75. The van der Waals surface area contributed by atoms with E-state index in [4.69, 9.17) is 11.6 Å². The highest BCUT2D eigenvalue weighted by molar-refractivity contribution is 7.16. The topological polar surface area (TPSA) is 42.0 Å². The first kappa shape index (κ1) is 13.1. The highest BCUT2D eigenvalue weighted by Crippen LogP contribution is 2.30. The third-order valence-corrected chi connectivity index (χ3v) is 3.52. The second kappa shape index (κ2) is 5.50. The number of hydrogen-bond acceptors (Lipinski definition) is 3. The summed E-state index contributed by atoms with van der Waals surface area (Å²) in [7, 11) is 0. The Morgan fingerprint density at radius 2 is 2.06 bits per heavy atom. The molecule has 18 heavy (non-hydrogen) atoms. The maximum atomic E-state index is 11.5. The molecular formula is C13H13ClN2OS. The molecule has 0 unspecified atom stereocenters. The molecule has 5 heteroatoms. The van der Waals surface area contributed by atoms with Crippen molar-refractivity contribution in [3.05, 3.63) is 35.2 Å². The molecule has 0 aliphatic rings. The van der Waals surface area contributed by atoms with Gasteiger partial charge in [0.1, 0.15) is 5.38 Å². The molecule has 1 N–H and O–H groups in total. The van der Waals surface area contributed by atoms with Gasteiger partial charge in [0, 0.05) is 10.4 Å². The van der Waals surface area contributed by atoms with Gasteiger partial charge in [0.25, 0.3) is 0 Å². The lowest BCUT2D eigenvalue weighted by molar-refractivity contribution is -0.115. The average Bonchev–Trinajstić information content (AvgIpc) is 2.71. The van der Waals surface area contributed by atoms with Crippen LogP contribution in [0.25, 0.3) is 11.3 Å². The molecule has 0 saturated heterocycles. The molecule has 1 aromatic carbocycles. The first-order valence-electron chi connectivity index (χ1n) is 5.55. The van der Waals surface area contributed by atoms with Crippen LogP contribution in [0.5, 0.6) is 0 Å². The fourth-order valence-corrected chi connectivity index (χ4v) is 2.41. The van der Waals surface area contributed by atoms with Crippen molar-refractivity contribution in [1.82, 2.24) is 4.98 Å². The van der Waals surface area contributed by atoms with Gasteiger partial charge in [-0.25, -0.2) is 4.98 Å². The Hall–Kier alpha value is -1.39. The van der Waals surface area contributed by atoms with E-state index in [-0.39, 0.29) is 5.91 Å². The number of alkyl halides is 1. The molecule has 0 saturated carbocycles. The highest BCUT2D eigenvalue weighted by atomic mass is 35.5. The monoisotopic (exact) mass is 280 g/mol. The van der Waals surface area contributed by atoms with Crippen molar-refractivity contribution >= 4 is 34.0 Å². The van der Waals surface area contributed by atoms with Gasteiger partial charge in [-0.1, -0.05) is 30.3 Å². The van der Waals surface area contributed by atoms with E-state index >= 15 is 0 Å². The second-order valence-electron chi connectivity index (χ2n) is 3.90. The van der Waals surface area contributed by atoms with Crippen molar-refractivity contribution in [3.8, 4) is 11.3 Å². The molecule has 2 aromatic rings. The predicted octanol–water partition coefficient (Wildman–Crippen LogP) is 3.68. The van der Waals surface area contributed by atoms with Gasteiger partial charge in [-0.2, -0.15) is 0 Å². The number of benzene rings is 1. The Morgan fingerprint density at radius 3 is 2.67 bits per heavy atom. The molecule has 0 aliphatic carbocycles. The van der Waals surface area contributed by atoms with E-state index in [1.165, 1.54) is 11.3 Å². The minimum Gasteiger partial charge on any atom is -0.301 e. The Balaban J connectivity index is 2.25. The Labute approximate surface area is 115 Å². The molecule has 1 heterocycles. The fraction of sp³-hybridized carbons (Fsp3) is 0.231. The zero-order chi connectivity index (χ0) is 13.1. The van der Waals surface area contributed by atoms with E-state index < -0.39 is 5.38 Å². The van der Waals surface area contributed by atoms with Crippen LogP contribution in [-0.4, -0.2) is 16.3 Å². The number of amides is 1. The number of hydrogen-bond donors (Lipinski definition) is 1. The van der Waals surface area contributed by atoms with Crippen LogP contribution in [0.2, 0.25) is 0 Å². The summed E-state index contributed by atoms with van der Waals surface area (Å²) < 4.78 is 0. The van der Waals surface area contributed by atoms with Crippen molar-refractivity contribution in [2.45, 2.75) is 19.2 Å². The Kier molecular flexibility index (Phi) is 3.99. The van der Waals surface area contributed by atoms with E-state index in [0.29, 0.717) is 5.13 Å². The maximum Gasteiger partial charge on any atom is 0.243 e. The molecule has 1 aromatic heterocycles. The van der Waals surface area contributed by atoms with E-state index in [1.54, 1.807) is 6.92 Å². The molecule has 0 fully saturated rings. The largest absolute Gasteiger partial charge is 0.301 e. The summed E-state index contributed by atoms with van der Waals surface area (Å²) in [5.74, 6) is -0.231. The molecule has 3 nitrogen and oxygen atoms in total. The third-order valence-electron chi connectivity index (χ3n) is 2.44. The van der Waals surface area contributed by atoms with Crippen LogP contribution in [-0.2, 0) is 4.79 Å². The summed E-state index contributed by atoms with van der Waals surface area (Å²) in [6, 6.07) is 9.89. The van der Waals surface area contributed by atoms with E-state index in [9.17, 15) is 4.79 Å². The summed E-state index contributed by atoms with van der Waals surface area (Å²) >= 11 is 7.16. The van der Waals surface area contributed by atoms with Gasteiger partial charge in [0.2, 0.25) is 5.91 Å². The highest BCUT2D eigenvalue weighted by Gasteiger charge is 2.14. The zero-order valence-corrected chi connectivity index (χ0v) is 11.7. The third kappa shape index (κ3) is 2.89. The number of carbonyl (C=O) groups is 1. The zero-order valence-electron chi connectivity index (χ0n) is 10.1. The van der Waals surface area contributed by atoms with Crippen LogP contribution < -0.4 is 5.32 Å². The maximum absolute atomic E-state index is 11.5. The lowest BCUT2D eigenvalue weighted by atomic mass is 10.1. The number of aryl methyl sites for hydroxylation is 1. The van der Waals surface area contributed by atoms with Gasteiger partial charge in [0.15, 0.2) is 5.13 Å². The summed E-state index contributed by atoms with van der Waals surface area (Å²) in [5, 5.41) is 2.74. The van der Waals surface area contributed by atoms with Crippen LogP contribution in [0.3, 0.4) is 0 Å². The first-order chi connectivity index (χ1) is 8.58. The standard InChI is InChI=1S/C13H13ClN2OS/c1-8(14)12(17)16-13-15-11(9(2)18-13)10-6-4-3-5-7-10/h3-8H,1-2H3,(H,15,16,17)/t8-/m1/s1. The van der Waals surface area contributed by atoms with E-state index in [0.717, 1.165) is 16.1 Å². The normalized spacial score (nSPS) is 12.2. The van der Waals surface area contributed by atoms with Gasteiger partial charge < -0.3 is 5.32 Å². The van der Waals surface area contributed by atoms with Crippen LogP contribution in [0.4, 0.5) is 5.13 Å². The fourth-order valence-electron chi connectivity index (χ4n) is 1.52. The van der Waals surface area contributed by atoms with Crippen LogP contribution >= 0.6 is 22.9 Å². The minimum atomic E-state index is -0.561. The molecular weight excluding hydrogens is 268 g/mol. The van der Waals surface area contributed by atoms with Gasteiger partial charge >= 0.3 is 0 Å². The number of nitrogens with one attached hydrogen (secondary N) is 1. The SMILES string of the molecule is Cc1sc(NC(=O)[C@@H](C)Cl)nc1-c1ccccc1. The molecule has 94 valence electrons. The Bertz CT molecular complexity index is 551. The summed E-state index contributed by atoms with van der Waals surface area (Å²) in [6.07, 6.45) is 0. The predicted molar refractivity (Wildman–Crippen MR) is 76.2 cm³/mol. The average molecular weight is 281 g/mol. The minimum absolute atomic E-state index is 0.231. The van der Waals surface area contributed by atoms with E-state index in [2.05, 4.69) is 10.3 Å². The summed E-state index contributed by atoms with van der Waals surface area (Å²) in [4.78, 5) is 17.0. The van der Waals surface area contributed by atoms with Gasteiger partial charge in [-0.05, 0) is 13.8 Å². The molecule has 1 amide bonds. The van der Waals surface area contributed by atoms with Crippen molar-refractivity contribution in [3.63, 3.8) is 0 Å². The lowest BCUT2D eigenvalue weighted by Gasteiger charge is -2.01. The van der Waals surface area contributed by atoms with Gasteiger partial charge in [-0.15, -0.1) is 22.9 Å². The number of halogens is 1. The van der Waals surface area contributed by atoms with Gasteiger partial charge in [-0.3, -0.25) is 4.79 Å². The number of nitrogens with zero attached hydrogens (tertiary/aromatic N) is 1. The number of aromatic nitrogens is 1. The molecule has 1 atom stereocenters. The number of rotatable bonds is 3. The smallest absolute Gasteiger partial charge is 0.243 e. The van der Waals surface area contributed by atoms with Crippen LogP contribution in [0, 0.1) is 6.92 Å². The van der Waals surface area contributed by atoms with E-state index in [1.807, 2.05) is 37.3 Å². The first-order valence-corrected chi connectivity index (χ1v) is 6.81. The van der Waals surface area contributed by atoms with Gasteiger partial charge in [0.05, 0.1) is 5.69 Å². The van der Waals surface area contributed by atoms with Crippen molar-refractivity contribution in [2.24, 2.45) is 0 Å². The molecule has 2 rings (SSSR count). The number of thiazole rings is 1. The molecule has 0 aliphatic heterocycles. The molecule has 0 radical (unpaired) electrons. The van der Waals surface area contributed by atoms with Crippen LogP contribution in [0.15, 0.2) is 30.3 Å². The quantitative estimate of drug-likeness (QED) is 0.872. The van der Waals surface area contributed by atoms with Crippen molar-refractivity contribution < 1.29 is 4.79 Å². The van der Waals surface area contributed by atoms with Crippen LogP contribution in [0.1, 0.15) is 11.8 Å². The van der Waals surface area contributed by atoms with Crippen molar-refractivity contribution in [2.75, 3.05) is 5.32 Å². The molecule has 0 bridgehead atoms.